The lowest BCUT2D eigenvalue weighted by Crippen LogP contribution is -2.42. The summed E-state index contributed by atoms with van der Waals surface area (Å²) < 4.78 is 1.91. The molecule has 1 fully saturated rings. The molecule has 7 nitrogen and oxygen atoms in total. The van der Waals surface area contributed by atoms with Crippen LogP contribution >= 0.6 is 0 Å². The van der Waals surface area contributed by atoms with Crippen molar-refractivity contribution in [1.82, 2.24) is 24.7 Å². The maximum atomic E-state index is 12.3. The number of hydrogen-bond acceptors (Lipinski definition) is 4. The standard InChI is InChI=1S/C22H33N5O2/c1-23-20(28)15-26-11-8-16(9-12-26)5-4-10-25(2)18-13-17-6-3-7-19-21(17)27(14-18)22(29)24-19/h3,6-7,16,18H,4-5,8-15H2,1-2H3,(H,23,28)(H,24,29)/t18-/m1/s1. The van der Waals surface area contributed by atoms with Crippen LogP contribution in [-0.4, -0.2) is 71.6 Å². The van der Waals surface area contributed by atoms with Gasteiger partial charge in [-0.2, -0.15) is 0 Å². The first kappa shape index (κ1) is 20.2. The van der Waals surface area contributed by atoms with Gasteiger partial charge in [0.1, 0.15) is 0 Å². The highest BCUT2D eigenvalue weighted by atomic mass is 16.2. The highest BCUT2D eigenvalue weighted by Crippen LogP contribution is 2.26. The second-order valence-corrected chi connectivity index (χ2v) is 8.73. The van der Waals surface area contributed by atoms with Crippen LogP contribution in [-0.2, 0) is 17.8 Å². The zero-order chi connectivity index (χ0) is 20.4. The number of piperidine rings is 1. The molecule has 4 rings (SSSR count). The Morgan fingerprint density at radius 3 is 2.86 bits per heavy atom. The Bertz CT molecular complexity index is 910. The van der Waals surface area contributed by atoms with Crippen LogP contribution < -0.4 is 11.0 Å². The highest BCUT2D eigenvalue weighted by Gasteiger charge is 2.26. The van der Waals surface area contributed by atoms with Crippen molar-refractivity contribution in [3.63, 3.8) is 0 Å². The summed E-state index contributed by atoms with van der Waals surface area (Å²) in [6.07, 6.45) is 5.81. The van der Waals surface area contributed by atoms with E-state index in [1.165, 1.54) is 31.2 Å². The Kier molecular flexibility index (Phi) is 6.06. The maximum Gasteiger partial charge on any atom is 0.326 e. The number of amides is 1. The molecule has 1 aromatic carbocycles. The average molecular weight is 400 g/mol. The molecule has 1 aromatic heterocycles. The molecule has 0 unspecified atom stereocenters. The number of para-hydroxylation sites is 1. The van der Waals surface area contributed by atoms with Crippen LogP contribution in [0.15, 0.2) is 23.0 Å². The molecule has 0 saturated carbocycles. The number of rotatable bonds is 7. The first-order chi connectivity index (χ1) is 14.0. The molecule has 2 N–H and O–H groups in total. The van der Waals surface area contributed by atoms with E-state index in [0.29, 0.717) is 12.6 Å². The summed E-state index contributed by atoms with van der Waals surface area (Å²) in [5.41, 5.74) is 3.32. The van der Waals surface area contributed by atoms with Crippen LogP contribution in [0.3, 0.4) is 0 Å². The van der Waals surface area contributed by atoms with Crippen LogP contribution in [0, 0.1) is 5.92 Å². The van der Waals surface area contributed by atoms with Gasteiger partial charge in [0.2, 0.25) is 5.91 Å². The topological polar surface area (TPSA) is 73.4 Å². The minimum atomic E-state index is 0.00839. The largest absolute Gasteiger partial charge is 0.358 e. The number of nitrogens with zero attached hydrogens (tertiary/aromatic N) is 3. The molecular formula is C22H33N5O2. The van der Waals surface area contributed by atoms with Crippen LogP contribution in [0.2, 0.25) is 0 Å². The van der Waals surface area contributed by atoms with Crippen molar-refractivity contribution < 1.29 is 4.79 Å². The Morgan fingerprint density at radius 1 is 1.31 bits per heavy atom. The van der Waals surface area contributed by atoms with Gasteiger partial charge in [0.25, 0.3) is 0 Å². The van der Waals surface area contributed by atoms with E-state index in [1.807, 2.05) is 16.7 Å². The second kappa shape index (κ2) is 8.71. The number of imidazole rings is 1. The zero-order valence-corrected chi connectivity index (χ0v) is 17.6. The van der Waals surface area contributed by atoms with Gasteiger partial charge in [0.15, 0.2) is 0 Å². The predicted octanol–water partition coefficient (Wildman–Crippen LogP) is 1.42. The molecule has 2 aromatic rings. The van der Waals surface area contributed by atoms with Crippen molar-refractivity contribution in [2.45, 2.75) is 44.7 Å². The minimum absolute atomic E-state index is 0.00839. The van der Waals surface area contributed by atoms with Crippen LogP contribution in [0.1, 0.15) is 31.2 Å². The fraction of sp³-hybridized carbons (Fsp3) is 0.636. The average Bonchev–Trinajstić information content (AvgIpc) is 3.06. The first-order valence-electron chi connectivity index (χ1n) is 10.9. The number of carbonyl (C=O) groups excluding carboxylic acids is 1. The number of benzene rings is 1. The molecule has 29 heavy (non-hydrogen) atoms. The molecule has 7 heteroatoms. The van der Waals surface area contributed by atoms with E-state index in [0.717, 1.165) is 49.6 Å². The Hall–Kier alpha value is -2.12. The van der Waals surface area contributed by atoms with Crippen molar-refractivity contribution in [2.24, 2.45) is 5.92 Å². The molecule has 0 spiro atoms. The fourth-order valence-electron chi connectivity index (χ4n) is 4.99. The highest BCUT2D eigenvalue weighted by molar-refractivity contribution is 5.79. The zero-order valence-electron chi connectivity index (χ0n) is 17.6. The van der Waals surface area contributed by atoms with E-state index >= 15 is 0 Å². The van der Waals surface area contributed by atoms with Gasteiger partial charge in [0.05, 0.1) is 17.6 Å². The molecule has 0 radical (unpaired) electrons. The van der Waals surface area contributed by atoms with Gasteiger partial charge in [-0.05, 0) is 76.3 Å². The summed E-state index contributed by atoms with van der Waals surface area (Å²) in [4.78, 5) is 31.5. The monoisotopic (exact) mass is 399 g/mol. The molecule has 0 aliphatic carbocycles. The molecule has 1 atom stereocenters. The molecule has 3 heterocycles. The Balaban J connectivity index is 1.24. The first-order valence-corrected chi connectivity index (χ1v) is 10.9. The van der Waals surface area contributed by atoms with Crippen LogP contribution in [0.25, 0.3) is 11.0 Å². The molecule has 158 valence electrons. The van der Waals surface area contributed by atoms with E-state index in [2.05, 4.69) is 33.2 Å². The molecule has 2 aliphatic heterocycles. The van der Waals surface area contributed by atoms with Crippen molar-refractivity contribution in [3.8, 4) is 0 Å². The number of nitrogens with one attached hydrogen (secondary N) is 2. The van der Waals surface area contributed by atoms with E-state index in [-0.39, 0.29) is 11.6 Å². The fourth-order valence-corrected chi connectivity index (χ4v) is 4.99. The Morgan fingerprint density at radius 2 is 2.10 bits per heavy atom. The number of aromatic nitrogens is 2. The van der Waals surface area contributed by atoms with Gasteiger partial charge in [-0.15, -0.1) is 0 Å². The van der Waals surface area contributed by atoms with E-state index in [4.69, 9.17) is 0 Å². The summed E-state index contributed by atoms with van der Waals surface area (Å²) in [5.74, 6) is 0.876. The van der Waals surface area contributed by atoms with Crippen molar-refractivity contribution >= 4 is 16.9 Å². The van der Waals surface area contributed by atoms with Gasteiger partial charge in [0, 0.05) is 19.6 Å². The third-order valence-corrected chi connectivity index (χ3v) is 6.82. The van der Waals surface area contributed by atoms with Gasteiger partial charge >= 0.3 is 5.69 Å². The summed E-state index contributed by atoms with van der Waals surface area (Å²) in [6, 6.07) is 6.55. The molecular weight excluding hydrogens is 366 g/mol. The summed E-state index contributed by atoms with van der Waals surface area (Å²) in [5, 5.41) is 2.71. The molecule has 0 bridgehead atoms. The smallest absolute Gasteiger partial charge is 0.326 e. The van der Waals surface area contributed by atoms with Gasteiger partial charge in [-0.3, -0.25) is 14.3 Å². The van der Waals surface area contributed by atoms with E-state index < -0.39 is 0 Å². The normalized spacial score (nSPS) is 20.4. The van der Waals surface area contributed by atoms with Gasteiger partial charge in [-0.25, -0.2) is 4.79 Å². The number of H-pyrrole nitrogens is 1. The number of aromatic amines is 1. The quantitative estimate of drug-likeness (QED) is 0.739. The minimum Gasteiger partial charge on any atom is -0.358 e. The van der Waals surface area contributed by atoms with Gasteiger partial charge < -0.3 is 15.2 Å². The van der Waals surface area contributed by atoms with E-state index in [1.54, 1.807) is 7.05 Å². The lowest BCUT2D eigenvalue weighted by atomic mass is 9.92. The van der Waals surface area contributed by atoms with E-state index in [9.17, 15) is 9.59 Å². The van der Waals surface area contributed by atoms with Crippen LogP contribution in [0.5, 0.6) is 0 Å². The third-order valence-electron chi connectivity index (χ3n) is 6.82. The number of likely N-dealkylation sites (tertiary alicyclic amines) is 1. The Labute approximate surface area is 172 Å². The maximum absolute atomic E-state index is 12.3. The van der Waals surface area contributed by atoms with Gasteiger partial charge in [-0.1, -0.05) is 12.1 Å². The summed E-state index contributed by atoms with van der Waals surface area (Å²) in [6.45, 7) is 4.41. The number of likely N-dealkylation sites (N-methyl/N-ethyl adjacent to an activating group) is 2. The predicted molar refractivity (Wildman–Crippen MR) is 115 cm³/mol. The number of carbonyl (C=O) groups is 1. The molecule has 1 amide bonds. The third kappa shape index (κ3) is 4.41. The van der Waals surface area contributed by atoms with Crippen molar-refractivity contribution in [3.05, 3.63) is 34.2 Å². The van der Waals surface area contributed by atoms with Crippen molar-refractivity contribution in [1.29, 1.82) is 0 Å². The number of hydrogen-bond donors (Lipinski definition) is 2. The molecule has 1 saturated heterocycles. The van der Waals surface area contributed by atoms with Crippen LogP contribution in [0.4, 0.5) is 0 Å². The summed E-state index contributed by atoms with van der Waals surface area (Å²) in [7, 11) is 3.89. The summed E-state index contributed by atoms with van der Waals surface area (Å²) >= 11 is 0. The van der Waals surface area contributed by atoms with Crippen molar-refractivity contribution in [2.75, 3.05) is 40.3 Å². The SMILES string of the molecule is CNC(=O)CN1CCC(CCCN(C)[C@@H]2Cc3cccc4[nH]c(=O)n(c34)C2)CC1. The second-order valence-electron chi connectivity index (χ2n) is 8.73. The molecule has 2 aliphatic rings. The lowest BCUT2D eigenvalue weighted by Gasteiger charge is -2.33. The lowest BCUT2D eigenvalue weighted by molar-refractivity contribution is -0.122.